The summed E-state index contributed by atoms with van der Waals surface area (Å²) in [5.41, 5.74) is 3.06. The van der Waals surface area contributed by atoms with Crippen molar-refractivity contribution in [3.8, 4) is 16.9 Å². The molecule has 0 aromatic heterocycles. The molecular formula is C19H15O2P. The van der Waals surface area contributed by atoms with Crippen molar-refractivity contribution in [1.29, 1.82) is 0 Å². The van der Waals surface area contributed by atoms with Crippen molar-refractivity contribution < 1.29 is 9.09 Å². The van der Waals surface area contributed by atoms with Crippen LogP contribution in [-0.4, -0.2) is 0 Å². The number of para-hydroxylation sites is 1. The molecule has 3 aromatic carbocycles. The van der Waals surface area contributed by atoms with Gasteiger partial charge in [-0.05, 0) is 23.3 Å². The van der Waals surface area contributed by atoms with Gasteiger partial charge < -0.3 is 4.52 Å². The van der Waals surface area contributed by atoms with E-state index in [1.165, 1.54) is 0 Å². The Kier molecular flexibility index (Phi) is 3.13. The molecule has 22 heavy (non-hydrogen) atoms. The van der Waals surface area contributed by atoms with Crippen molar-refractivity contribution in [1.82, 2.24) is 0 Å². The Balaban J connectivity index is 1.87. The van der Waals surface area contributed by atoms with Gasteiger partial charge in [-0.3, -0.25) is 4.57 Å². The molecule has 2 nitrogen and oxygen atoms in total. The Bertz CT molecular complexity index is 865. The van der Waals surface area contributed by atoms with Gasteiger partial charge in [0.1, 0.15) is 5.75 Å². The first kappa shape index (κ1) is 13.4. The second kappa shape index (κ2) is 5.15. The molecule has 4 rings (SSSR count). The highest BCUT2D eigenvalue weighted by Gasteiger charge is 2.35. The standard InChI is InChI=1S/C19H15O2P/c20-22(14-15-8-2-1-3-9-15)19-13-7-5-11-17(19)16-10-4-6-12-18(16)21-22/h1-13H,14H2. The Morgan fingerprint density at radius 3 is 2.18 bits per heavy atom. The van der Waals surface area contributed by atoms with Gasteiger partial charge in [-0.15, -0.1) is 0 Å². The Morgan fingerprint density at radius 2 is 1.36 bits per heavy atom. The second-order valence-corrected chi connectivity index (χ2v) is 7.75. The highest BCUT2D eigenvalue weighted by molar-refractivity contribution is 7.67. The third-order valence-electron chi connectivity index (χ3n) is 3.93. The lowest BCUT2D eigenvalue weighted by Crippen LogP contribution is -2.18. The minimum atomic E-state index is -2.96. The number of rotatable bonds is 2. The fourth-order valence-electron chi connectivity index (χ4n) is 2.92. The molecule has 108 valence electrons. The predicted molar refractivity (Wildman–Crippen MR) is 89.9 cm³/mol. The summed E-state index contributed by atoms with van der Waals surface area (Å²) >= 11 is 0. The van der Waals surface area contributed by atoms with Crippen LogP contribution in [0.2, 0.25) is 0 Å². The van der Waals surface area contributed by atoms with Crippen molar-refractivity contribution in [3.05, 3.63) is 84.4 Å². The second-order valence-electron chi connectivity index (χ2n) is 5.42. The normalized spacial score (nSPS) is 18.9. The fourth-order valence-corrected chi connectivity index (χ4v) is 5.29. The van der Waals surface area contributed by atoms with Crippen molar-refractivity contribution in [3.63, 3.8) is 0 Å². The lowest BCUT2D eigenvalue weighted by atomic mass is 10.0. The molecule has 0 fully saturated rings. The largest absolute Gasteiger partial charge is 0.439 e. The highest BCUT2D eigenvalue weighted by Crippen LogP contribution is 2.56. The van der Waals surface area contributed by atoms with Gasteiger partial charge >= 0.3 is 0 Å². The van der Waals surface area contributed by atoms with Crippen LogP contribution in [0, 0.1) is 0 Å². The minimum absolute atomic E-state index is 0.416. The van der Waals surface area contributed by atoms with E-state index in [1.54, 1.807) is 0 Å². The summed E-state index contributed by atoms with van der Waals surface area (Å²) in [6.07, 6.45) is 0.416. The summed E-state index contributed by atoms with van der Waals surface area (Å²) < 4.78 is 19.6. The summed E-state index contributed by atoms with van der Waals surface area (Å²) in [7, 11) is -2.96. The van der Waals surface area contributed by atoms with Gasteiger partial charge in [0, 0.05) is 5.56 Å². The SMILES string of the molecule is O=P1(Cc2ccccc2)Oc2ccccc2-c2ccccc21. The summed E-state index contributed by atoms with van der Waals surface area (Å²) in [5.74, 6) is 0.709. The number of fused-ring (bicyclic) bond motifs is 3. The van der Waals surface area contributed by atoms with Gasteiger partial charge in [-0.2, -0.15) is 0 Å². The third kappa shape index (κ3) is 2.17. The molecule has 0 radical (unpaired) electrons. The van der Waals surface area contributed by atoms with Gasteiger partial charge in [-0.1, -0.05) is 66.7 Å². The Labute approximate surface area is 129 Å². The van der Waals surface area contributed by atoms with Crippen molar-refractivity contribution >= 4 is 12.7 Å². The maximum Gasteiger partial charge on any atom is 0.282 e. The van der Waals surface area contributed by atoms with E-state index >= 15 is 0 Å². The molecule has 1 heterocycles. The molecule has 1 aliphatic heterocycles. The van der Waals surface area contributed by atoms with Crippen LogP contribution < -0.4 is 9.83 Å². The van der Waals surface area contributed by atoms with Crippen LogP contribution in [0.1, 0.15) is 5.56 Å². The molecule has 0 aliphatic carbocycles. The first-order chi connectivity index (χ1) is 10.8. The van der Waals surface area contributed by atoms with Gasteiger partial charge in [0.2, 0.25) is 0 Å². The molecule has 1 unspecified atom stereocenters. The molecule has 1 atom stereocenters. The molecule has 3 heteroatoms. The summed E-state index contributed by atoms with van der Waals surface area (Å²) in [5, 5.41) is 0.817. The third-order valence-corrected chi connectivity index (χ3v) is 6.32. The smallest absolute Gasteiger partial charge is 0.282 e. The van der Waals surface area contributed by atoms with Crippen molar-refractivity contribution in [2.45, 2.75) is 6.16 Å². The summed E-state index contributed by atoms with van der Waals surface area (Å²) in [6, 6.07) is 25.5. The minimum Gasteiger partial charge on any atom is -0.439 e. The van der Waals surface area contributed by atoms with Crippen LogP contribution in [0.4, 0.5) is 0 Å². The van der Waals surface area contributed by atoms with E-state index in [0.717, 1.165) is 22.0 Å². The molecule has 0 saturated carbocycles. The van der Waals surface area contributed by atoms with E-state index in [4.69, 9.17) is 4.52 Å². The van der Waals surface area contributed by atoms with E-state index in [1.807, 2.05) is 78.9 Å². The van der Waals surface area contributed by atoms with Crippen LogP contribution in [0.5, 0.6) is 5.75 Å². The van der Waals surface area contributed by atoms with Gasteiger partial charge in [0.25, 0.3) is 7.37 Å². The van der Waals surface area contributed by atoms with Crippen molar-refractivity contribution in [2.24, 2.45) is 0 Å². The predicted octanol–water partition coefficient (Wildman–Crippen LogP) is 4.85. The quantitative estimate of drug-likeness (QED) is 0.633. The van der Waals surface area contributed by atoms with Crippen LogP contribution in [-0.2, 0) is 10.7 Å². The summed E-state index contributed by atoms with van der Waals surface area (Å²) in [4.78, 5) is 0. The zero-order valence-corrected chi connectivity index (χ0v) is 12.9. The zero-order valence-electron chi connectivity index (χ0n) is 12.0. The van der Waals surface area contributed by atoms with E-state index in [-0.39, 0.29) is 0 Å². The topological polar surface area (TPSA) is 26.3 Å². The molecule has 0 amide bonds. The van der Waals surface area contributed by atoms with Crippen LogP contribution in [0.15, 0.2) is 78.9 Å². The van der Waals surface area contributed by atoms with Gasteiger partial charge in [0.05, 0.1) is 11.5 Å². The van der Waals surface area contributed by atoms with Gasteiger partial charge in [0.15, 0.2) is 0 Å². The van der Waals surface area contributed by atoms with Crippen LogP contribution in [0.25, 0.3) is 11.1 Å². The molecule has 0 spiro atoms. The molecule has 1 aliphatic rings. The van der Waals surface area contributed by atoms with Crippen molar-refractivity contribution in [2.75, 3.05) is 0 Å². The van der Waals surface area contributed by atoms with Crippen LogP contribution in [0.3, 0.4) is 0 Å². The maximum absolute atomic E-state index is 13.6. The van der Waals surface area contributed by atoms with E-state index in [2.05, 4.69) is 0 Å². The maximum atomic E-state index is 13.6. The average molecular weight is 306 g/mol. The zero-order chi connectivity index (χ0) is 15.0. The Hall–Kier alpha value is -2.31. The lowest BCUT2D eigenvalue weighted by Gasteiger charge is -2.28. The van der Waals surface area contributed by atoms with E-state index < -0.39 is 7.37 Å². The summed E-state index contributed by atoms with van der Waals surface area (Å²) in [6.45, 7) is 0. The number of hydrogen-bond acceptors (Lipinski definition) is 2. The van der Waals surface area contributed by atoms with Gasteiger partial charge in [-0.25, -0.2) is 0 Å². The highest BCUT2D eigenvalue weighted by atomic mass is 31.2. The van der Waals surface area contributed by atoms with E-state index in [9.17, 15) is 4.57 Å². The first-order valence-electron chi connectivity index (χ1n) is 7.28. The molecule has 3 aromatic rings. The molecule has 0 bridgehead atoms. The monoisotopic (exact) mass is 306 g/mol. The number of benzene rings is 3. The Morgan fingerprint density at radius 1 is 0.727 bits per heavy atom. The fraction of sp³-hybridized carbons (Fsp3) is 0.0526. The first-order valence-corrected chi connectivity index (χ1v) is 9.09. The molecule has 0 saturated heterocycles. The average Bonchev–Trinajstić information content (AvgIpc) is 2.56. The molecule has 0 N–H and O–H groups in total. The van der Waals surface area contributed by atoms with E-state index in [0.29, 0.717) is 11.9 Å². The van der Waals surface area contributed by atoms with Crippen LogP contribution >= 0.6 is 7.37 Å². The molecular weight excluding hydrogens is 291 g/mol. The lowest BCUT2D eigenvalue weighted by molar-refractivity contribution is 0.490. The number of hydrogen-bond donors (Lipinski definition) is 0.